The molecule has 1 aromatic rings. The molecule has 0 aliphatic carbocycles. The van der Waals surface area contributed by atoms with E-state index in [4.69, 9.17) is 4.74 Å². The molecule has 0 unspecified atom stereocenters. The molecule has 0 spiro atoms. The van der Waals surface area contributed by atoms with E-state index in [1.807, 2.05) is 19.0 Å². The molecule has 0 bridgehead atoms. The molecule has 0 saturated heterocycles. The Morgan fingerprint density at radius 1 is 1.28 bits per heavy atom. The second-order valence-electron chi connectivity index (χ2n) is 5.79. The van der Waals surface area contributed by atoms with Gasteiger partial charge in [-0.25, -0.2) is 9.98 Å². The van der Waals surface area contributed by atoms with Gasteiger partial charge in [-0.1, -0.05) is 0 Å². The number of likely N-dealkylation sites (N-methyl/N-ethyl adjacent to an activating group) is 1. The molecule has 0 radical (unpaired) electrons. The Morgan fingerprint density at radius 3 is 2.64 bits per heavy atom. The van der Waals surface area contributed by atoms with Crippen molar-refractivity contribution in [3.05, 3.63) is 11.1 Å². The van der Waals surface area contributed by atoms with E-state index in [0.717, 1.165) is 56.0 Å². The van der Waals surface area contributed by atoms with Crippen LogP contribution in [0, 0.1) is 0 Å². The first-order valence-electron chi connectivity index (χ1n) is 8.38. The number of guanidine groups is 1. The minimum Gasteiger partial charge on any atom is -0.385 e. The molecule has 0 aliphatic rings. The Hall–Kier alpha value is -0.650. The third-order valence-corrected chi connectivity index (χ3v) is 4.40. The number of anilines is 1. The van der Waals surface area contributed by atoms with Gasteiger partial charge in [0.15, 0.2) is 11.1 Å². The van der Waals surface area contributed by atoms with Gasteiger partial charge >= 0.3 is 0 Å². The second-order valence-corrected chi connectivity index (χ2v) is 6.62. The van der Waals surface area contributed by atoms with Crippen molar-refractivity contribution in [3.8, 4) is 0 Å². The van der Waals surface area contributed by atoms with Crippen LogP contribution in [0.25, 0.3) is 0 Å². The smallest absolute Gasteiger partial charge is 0.191 e. The predicted molar refractivity (Wildman–Crippen MR) is 119 cm³/mol. The van der Waals surface area contributed by atoms with Gasteiger partial charge < -0.3 is 25.2 Å². The molecule has 0 fully saturated rings. The summed E-state index contributed by atoms with van der Waals surface area (Å²) in [5, 5.41) is 9.72. The molecule has 0 saturated carbocycles. The van der Waals surface area contributed by atoms with E-state index in [1.54, 1.807) is 18.4 Å². The van der Waals surface area contributed by atoms with Gasteiger partial charge in [-0.15, -0.1) is 35.3 Å². The summed E-state index contributed by atoms with van der Waals surface area (Å²) in [6.45, 7) is 7.17. The van der Waals surface area contributed by atoms with Gasteiger partial charge in [0.05, 0.1) is 12.2 Å². The third-order valence-electron chi connectivity index (χ3n) is 3.34. The van der Waals surface area contributed by atoms with Crippen molar-refractivity contribution in [3.63, 3.8) is 0 Å². The molecule has 1 heterocycles. The lowest BCUT2D eigenvalue weighted by Crippen LogP contribution is -2.41. The number of rotatable bonds is 11. The number of methoxy groups -OCH3 is 1. The van der Waals surface area contributed by atoms with E-state index in [1.165, 1.54) is 0 Å². The molecule has 0 aliphatic heterocycles. The molecule has 0 aromatic carbocycles. The highest BCUT2D eigenvalue weighted by atomic mass is 127. The number of ether oxygens (including phenoxy) is 1. The Kier molecular flexibility index (Phi) is 14.1. The first-order chi connectivity index (χ1) is 11.6. The summed E-state index contributed by atoms with van der Waals surface area (Å²) >= 11 is 1.64. The van der Waals surface area contributed by atoms with Crippen LogP contribution in [0.4, 0.5) is 5.13 Å². The second kappa shape index (κ2) is 14.5. The molecule has 9 heteroatoms. The molecule has 25 heavy (non-hydrogen) atoms. The molecule has 0 amide bonds. The van der Waals surface area contributed by atoms with E-state index in [0.29, 0.717) is 6.54 Å². The first kappa shape index (κ1) is 24.4. The van der Waals surface area contributed by atoms with Crippen LogP contribution in [0.3, 0.4) is 0 Å². The summed E-state index contributed by atoms with van der Waals surface area (Å²) < 4.78 is 5.08. The fraction of sp³-hybridized carbons (Fsp3) is 0.750. The maximum absolute atomic E-state index is 5.08. The minimum atomic E-state index is 0. The average molecular weight is 484 g/mol. The number of thiazole rings is 1. The lowest BCUT2D eigenvalue weighted by Gasteiger charge is -2.18. The Bertz CT molecular complexity index is 483. The van der Waals surface area contributed by atoms with Crippen molar-refractivity contribution in [1.29, 1.82) is 0 Å². The van der Waals surface area contributed by atoms with Crippen LogP contribution in [0.2, 0.25) is 0 Å². The quantitative estimate of drug-likeness (QED) is 0.216. The van der Waals surface area contributed by atoms with Crippen molar-refractivity contribution < 1.29 is 4.74 Å². The van der Waals surface area contributed by atoms with Gasteiger partial charge in [0.2, 0.25) is 0 Å². The molecule has 1 rings (SSSR count). The van der Waals surface area contributed by atoms with Crippen molar-refractivity contribution in [2.24, 2.45) is 4.99 Å². The highest BCUT2D eigenvalue weighted by molar-refractivity contribution is 14.0. The maximum Gasteiger partial charge on any atom is 0.191 e. The number of hydrogen-bond acceptors (Lipinski definition) is 6. The van der Waals surface area contributed by atoms with Crippen LogP contribution in [-0.4, -0.2) is 76.9 Å². The van der Waals surface area contributed by atoms with Crippen molar-refractivity contribution >= 4 is 46.4 Å². The summed E-state index contributed by atoms with van der Waals surface area (Å²) in [6, 6.07) is 0. The largest absolute Gasteiger partial charge is 0.385 e. The van der Waals surface area contributed by atoms with E-state index < -0.39 is 0 Å². The lowest BCUT2D eigenvalue weighted by atomic mass is 10.4. The van der Waals surface area contributed by atoms with E-state index in [9.17, 15) is 0 Å². The summed E-state index contributed by atoms with van der Waals surface area (Å²) in [7, 11) is 7.87. The average Bonchev–Trinajstić information content (AvgIpc) is 3.02. The van der Waals surface area contributed by atoms with E-state index in [2.05, 4.69) is 44.9 Å². The van der Waals surface area contributed by atoms with E-state index >= 15 is 0 Å². The molecular weight excluding hydrogens is 451 g/mol. The SMILES string of the molecule is CCNC(=NCc1csc(N(C)C)n1)NCCN(C)CCCOC.I. The predicted octanol–water partition coefficient (Wildman–Crippen LogP) is 1.85. The molecule has 146 valence electrons. The van der Waals surface area contributed by atoms with Crippen LogP contribution < -0.4 is 15.5 Å². The van der Waals surface area contributed by atoms with Crippen molar-refractivity contribution in [2.75, 3.05) is 65.9 Å². The van der Waals surface area contributed by atoms with Gasteiger partial charge in [-0.2, -0.15) is 0 Å². The van der Waals surface area contributed by atoms with Crippen LogP contribution in [-0.2, 0) is 11.3 Å². The summed E-state index contributed by atoms with van der Waals surface area (Å²) in [5.41, 5.74) is 0.998. The highest BCUT2D eigenvalue weighted by Gasteiger charge is 2.04. The lowest BCUT2D eigenvalue weighted by molar-refractivity contribution is 0.180. The maximum atomic E-state index is 5.08. The summed E-state index contributed by atoms with van der Waals surface area (Å²) in [6.07, 6.45) is 1.05. The molecule has 7 nitrogen and oxygen atoms in total. The number of nitrogens with zero attached hydrogens (tertiary/aromatic N) is 4. The standard InChI is InChI=1S/C16H32N6OS.HI/c1-6-17-15(18-8-10-22(4)9-7-11-23-5)19-12-14-13-24-16(20-14)21(2)3;/h13H,6-12H2,1-5H3,(H2,17,18,19);1H. The van der Waals surface area contributed by atoms with Crippen LogP contribution >= 0.6 is 35.3 Å². The fourth-order valence-electron chi connectivity index (χ4n) is 2.03. The number of aliphatic imine (C=N–C) groups is 1. The number of hydrogen-bond donors (Lipinski definition) is 2. The zero-order valence-corrected chi connectivity index (χ0v) is 19.2. The van der Waals surface area contributed by atoms with Crippen LogP contribution in [0.5, 0.6) is 0 Å². The highest BCUT2D eigenvalue weighted by Crippen LogP contribution is 2.18. The van der Waals surface area contributed by atoms with Gasteiger partial charge in [-0.05, 0) is 20.4 Å². The Labute approximate surface area is 173 Å². The molecule has 0 atom stereocenters. The molecule has 1 aromatic heterocycles. The van der Waals surface area contributed by atoms with Gasteiger partial charge in [0, 0.05) is 59.4 Å². The minimum absolute atomic E-state index is 0. The van der Waals surface area contributed by atoms with Gasteiger partial charge in [0.1, 0.15) is 0 Å². The monoisotopic (exact) mass is 484 g/mol. The molecule has 2 N–H and O–H groups in total. The first-order valence-corrected chi connectivity index (χ1v) is 9.26. The third kappa shape index (κ3) is 10.8. The number of nitrogens with one attached hydrogen (secondary N) is 2. The van der Waals surface area contributed by atoms with Gasteiger partial charge in [0.25, 0.3) is 0 Å². The number of halogens is 1. The summed E-state index contributed by atoms with van der Waals surface area (Å²) in [4.78, 5) is 13.5. The zero-order valence-electron chi connectivity index (χ0n) is 16.0. The van der Waals surface area contributed by atoms with Crippen LogP contribution in [0.1, 0.15) is 19.0 Å². The van der Waals surface area contributed by atoms with Crippen LogP contribution in [0.15, 0.2) is 10.4 Å². The zero-order chi connectivity index (χ0) is 17.8. The fourth-order valence-corrected chi connectivity index (χ4v) is 2.78. The molecular formula is C16H33IN6OS. The Balaban J connectivity index is 0.00000576. The van der Waals surface area contributed by atoms with E-state index in [-0.39, 0.29) is 24.0 Å². The topological polar surface area (TPSA) is 65.0 Å². The summed E-state index contributed by atoms with van der Waals surface area (Å²) in [5.74, 6) is 0.835. The Morgan fingerprint density at radius 2 is 2.04 bits per heavy atom. The normalized spacial score (nSPS) is 11.4. The van der Waals surface area contributed by atoms with Crippen molar-refractivity contribution in [2.45, 2.75) is 19.9 Å². The van der Waals surface area contributed by atoms with Crippen molar-refractivity contribution in [1.82, 2.24) is 20.5 Å². The van der Waals surface area contributed by atoms with Gasteiger partial charge in [-0.3, -0.25) is 0 Å². The number of aromatic nitrogens is 1.